The second-order valence-corrected chi connectivity index (χ2v) is 6.08. The number of alkyl halides is 3. The van der Waals surface area contributed by atoms with Crippen molar-refractivity contribution in [3.8, 4) is 0 Å². The van der Waals surface area contributed by atoms with Gasteiger partial charge in [0.2, 0.25) is 5.91 Å². The van der Waals surface area contributed by atoms with Gasteiger partial charge in [0, 0.05) is 37.9 Å². The van der Waals surface area contributed by atoms with Crippen LogP contribution in [0.2, 0.25) is 0 Å². The van der Waals surface area contributed by atoms with Crippen LogP contribution in [-0.4, -0.2) is 43.9 Å². The molecule has 1 saturated heterocycles. The first-order valence-corrected chi connectivity index (χ1v) is 7.70. The van der Waals surface area contributed by atoms with Crippen LogP contribution in [0.3, 0.4) is 0 Å². The highest BCUT2D eigenvalue weighted by atomic mass is 19.4. The van der Waals surface area contributed by atoms with Gasteiger partial charge in [0.25, 0.3) is 0 Å². The summed E-state index contributed by atoms with van der Waals surface area (Å²) in [6, 6.07) is 1.04. The fourth-order valence-corrected chi connectivity index (χ4v) is 3.00. The van der Waals surface area contributed by atoms with Crippen LogP contribution >= 0.6 is 0 Å². The van der Waals surface area contributed by atoms with E-state index in [2.05, 4.69) is 15.3 Å². The average Bonchev–Trinajstić information content (AvgIpc) is 3.16. The molecule has 24 heavy (non-hydrogen) atoms. The van der Waals surface area contributed by atoms with Crippen molar-refractivity contribution in [1.29, 1.82) is 0 Å². The van der Waals surface area contributed by atoms with Gasteiger partial charge in [-0.25, -0.2) is 0 Å². The third-order valence-electron chi connectivity index (χ3n) is 4.22. The number of carbonyl (C=O) groups excluding carboxylic acids is 1. The fraction of sp³-hybridized carbons (Fsp3) is 0.533. The molecule has 0 bridgehead atoms. The highest BCUT2D eigenvalue weighted by Crippen LogP contribution is 2.32. The van der Waals surface area contributed by atoms with E-state index in [1.165, 1.54) is 0 Å². The summed E-state index contributed by atoms with van der Waals surface area (Å²) >= 11 is 0. The summed E-state index contributed by atoms with van der Waals surface area (Å²) in [5, 5.41) is 9.84. The van der Waals surface area contributed by atoms with Crippen LogP contribution in [0.15, 0.2) is 18.5 Å². The Hall–Kier alpha value is -2.32. The third kappa shape index (κ3) is 3.60. The Morgan fingerprint density at radius 2 is 2.25 bits per heavy atom. The van der Waals surface area contributed by atoms with Crippen molar-refractivity contribution in [3.63, 3.8) is 0 Å². The molecule has 3 rings (SSSR count). The number of rotatable bonds is 3. The summed E-state index contributed by atoms with van der Waals surface area (Å²) in [6.07, 6.45) is 0.699. The molecule has 0 aliphatic carbocycles. The predicted octanol–water partition coefficient (Wildman–Crippen LogP) is 2.11. The second-order valence-electron chi connectivity index (χ2n) is 6.08. The zero-order valence-corrected chi connectivity index (χ0v) is 13.2. The second kappa shape index (κ2) is 6.29. The summed E-state index contributed by atoms with van der Waals surface area (Å²) in [5.74, 6) is -0.191. The number of aromatic nitrogens is 4. The van der Waals surface area contributed by atoms with E-state index in [4.69, 9.17) is 0 Å². The van der Waals surface area contributed by atoms with E-state index in [0.29, 0.717) is 18.8 Å². The minimum absolute atomic E-state index is 0.0386. The molecule has 9 heteroatoms. The number of piperidine rings is 1. The van der Waals surface area contributed by atoms with Crippen molar-refractivity contribution in [3.05, 3.63) is 35.4 Å². The Kier molecular flexibility index (Phi) is 4.33. The molecule has 1 aliphatic heterocycles. The van der Waals surface area contributed by atoms with Crippen molar-refractivity contribution in [2.45, 2.75) is 31.4 Å². The van der Waals surface area contributed by atoms with Gasteiger partial charge in [-0.05, 0) is 24.5 Å². The van der Waals surface area contributed by atoms with E-state index in [1.54, 1.807) is 29.0 Å². The number of amides is 1. The Labute approximate surface area is 136 Å². The van der Waals surface area contributed by atoms with Crippen LogP contribution in [0.4, 0.5) is 13.2 Å². The number of hydrogen-bond acceptors (Lipinski definition) is 3. The quantitative estimate of drug-likeness (QED) is 0.930. The Balaban J connectivity index is 1.65. The summed E-state index contributed by atoms with van der Waals surface area (Å²) in [6.45, 7) is 1.02. The first kappa shape index (κ1) is 16.5. The number of aromatic amines is 1. The van der Waals surface area contributed by atoms with E-state index in [-0.39, 0.29) is 18.2 Å². The van der Waals surface area contributed by atoms with E-state index in [0.717, 1.165) is 24.5 Å². The molecule has 0 radical (unpaired) electrons. The molecular formula is C15H18F3N5O. The highest BCUT2D eigenvalue weighted by molar-refractivity contribution is 5.78. The van der Waals surface area contributed by atoms with Gasteiger partial charge in [0.15, 0.2) is 5.69 Å². The van der Waals surface area contributed by atoms with Gasteiger partial charge in [0.1, 0.15) is 0 Å². The number of likely N-dealkylation sites (tertiary alicyclic amines) is 1. The lowest BCUT2D eigenvalue weighted by Gasteiger charge is -2.32. The summed E-state index contributed by atoms with van der Waals surface area (Å²) < 4.78 is 39.6. The lowest BCUT2D eigenvalue weighted by Crippen LogP contribution is -2.40. The van der Waals surface area contributed by atoms with Crippen molar-refractivity contribution in [1.82, 2.24) is 24.9 Å². The highest BCUT2D eigenvalue weighted by Gasteiger charge is 2.35. The maximum absolute atomic E-state index is 12.7. The Bertz CT molecular complexity index is 721. The van der Waals surface area contributed by atoms with Gasteiger partial charge in [-0.2, -0.15) is 23.4 Å². The molecule has 0 aromatic carbocycles. The van der Waals surface area contributed by atoms with Gasteiger partial charge >= 0.3 is 6.18 Å². The van der Waals surface area contributed by atoms with Gasteiger partial charge in [-0.1, -0.05) is 0 Å². The molecule has 1 N–H and O–H groups in total. The molecule has 3 heterocycles. The molecule has 1 amide bonds. The van der Waals surface area contributed by atoms with Crippen LogP contribution in [0.1, 0.15) is 35.7 Å². The minimum Gasteiger partial charge on any atom is -0.342 e. The topological polar surface area (TPSA) is 66.8 Å². The smallest absolute Gasteiger partial charge is 0.342 e. The van der Waals surface area contributed by atoms with Crippen LogP contribution in [0, 0.1) is 0 Å². The van der Waals surface area contributed by atoms with E-state index >= 15 is 0 Å². The molecular weight excluding hydrogens is 323 g/mol. The van der Waals surface area contributed by atoms with Crippen molar-refractivity contribution >= 4 is 5.91 Å². The van der Waals surface area contributed by atoms with Gasteiger partial charge < -0.3 is 4.90 Å². The molecule has 130 valence electrons. The first-order valence-electron chi connectivity index (χ1n) is 7.70. The zero-order chi connectivity index (χ0) is 17.3. The molecule has 0 saturated carbocycles. The molecule has 0 spiro atoms. The number of carbonyl (C=O) groups is 1. The lowest BCUT2D eigenvalue weighted by atomic mass is 9.94. The van der Waals surface area contributed by atoms with Crippen LogP contribution in [0.5, 0.6) is 0 Å². The Morgan fingerprint density at radius 3 is 2.88 bits per heavy atom. The average molecular weight is 341 g/mol. The number of hydrogen-bond donors (Lipinski definition) is 1. The van der Waals surface area contributed by atoms with Crippen LogP contribution in [0.25, 0.3) is 0 Å². The number of nitrogens with one attached hydrogen (secondary N) is 1. The summed E-state index contributed by atoms with van der Waals surface area (Å²) in [4.78, 5) is 14.1. The van der Waals surface area contributed by atoms with Crippen molar-refractivity contribution < 1.29 is 18.0 Å². The number of halogens is 3. The fourth-order valence-electron chi connectivity index (χ4n) is 3.00. The predicted molar refractivity (Wildman–Crippen MR) is 79.1 cm³/mol. The molecule has 1 fully saturated rings. The first-order chi connectivity index (χ1) is 11.3. The maximum Gasteiger partial charge on any atom is 0.435 e. The lowest BCUT2D eigenvalue weighted by molar-refractivity contribution is -0.141. The van der Waals surface area contributed by atoms with Crippen LogP contribution < -0.4 is 0 Å². The zero-order valence-electron chi connectivity index (χ0n) is 13.2. The van der Waals surface area contributed by atoms with Gasteiger partial charge in [-0.3, -0.25) is 14.6 Å². The SMILES string of the molecule is Cn1cc(CC(=O)N2CCC[C@@H](c3cc(C(F)(F)F)n[nH]3)C2)cn1. The van der Waals surface area contributed by atoms with Gasteiger partial charge in [-0.15, -0.1) is 0 Å². The van der Waals surface area contributed by atoms with E-state index < -0.39 is 11.9 Å². The molecule has 2 aromatic rings. The van der Waals surface area contributed by atoms with Gasteiger partial charge in [0.05, 0.1) is 12.6 Å². The minimum atomic E-state index is -4.46. The van der Waals surface area contributed by atoms with Crippen molar-refractivity contribution in [2.75, 3.05) is 13.1 Å². The number of aryl methyl sites for hydroxylation is 1. The summed E-state index contributed by atoms with van der Waals surface area (Å²) in [5.41, 5.74) is 0.336. The van der Waals surface area contributed by atoms with Crippen molar-refractivity contribution in [2.24, 2.45) is 7.05 Å². The summed E-state index contributed by atoms with van der Waals surface area (Å²) in [7, 11) is 1.78. The Morgan fingerprint density at radius 1 is 1.46 bits per heavy atom. The standard InChI is InChI=1S/C15H18F3N5O/c1-22-8-10(7-19-22)5-14(24)23-4-2-3-11(9-23)12-6-13(21-20-12)15(16,17)18/h6-8,11H,2-5,9H2,1H3,(H,20,21)/t11-/m1/s1. The number of H-pyrrole nitrogens is 1. The van der Waals surface area contributed by atoms with E-state index in [9.17, 15) is 18.0 Å². The molecule has 1 aliphatic rings. The molecule has 2 aromatic heterocycles. The number of nitrogens with zero attached hydrogens (tertiary/aromatic N) is 4. The molecule has 1 atom stereocenters. The van der Waals surface area contributed by atoms with E-state index in [1.807, 2.05) is 0 Å². The molecule has 0 unspecified atom stereocenters. The van der Waals surface area contributed by atoms with Crippen LogP contribution in [-0.2, 0) is 24.4 Å². The largest absolute Gasteiger partial charge is 0.435 e. The normalized spacial score (nSPS) is 18.8. The third-order valence-corrected chi connectivity index (χ3v) is 4.22. The molecule has 6 nitrogen and oxygen atoms in total. The monoisotopic (exact) mass is 341 g/mol. The maximum atomic E-state index is 12.7.